The van der Waals surface area contributed by atoms with Crippen molar-refractivity contribution in [2.75, 3.05) is 6.61 Å². The van der Waals surface area contributed by atoms with E-state index in [1.54, 1.807) is 0 Å². The third kappa shape index (κ3) is 3.97. The molecule has 2 unspecified atom stereocenters. The fourth-order valence-corrected chi connectivity index (χ4v) is 6.42. The van der Waals surface area contributed by atoms with Gasteiger partial charge in [0.05, 0.1) is 6.04 Å². The van der Waals surface area contributed by atoms with E-state index in [1.807, 2.05) is 53.4 Å². The first-order valence-electron chi connectivity index (χ1n) is 13.4. The average molecular weight is 500 g/mol. The maximum atomic E-state index is 13.4. The molecule has 38 heavy (non-hydrogen) atoms. The molecule has 1 aliphatic carbocycles. The minimum absolute atomic E-state index is 0.0455. The second kappa shape index (κ2) is 9.53. The van der Waals surface area contributed by atoms with Crippen LogP contribution in [0.3, 0.4) is 0 Å². The van der Waals surface area contributed by atoms with Crippen molar-refractivity contribution in [3.05, 3.63) is 126 Å². The third-order valence-corrected chi connectivity index (χ3v) is 8.15. The van der Waals surface area contributed by atoms with Crippen molar-refractivity contribution < 1.29 is 14.3 Å². The Kier molecular flexibility index (Phi) is 5.73. The Morgan fingerprint density at radius 1 is 0.737 bits per heavy atom. The molecule has 0 N–H and O–H groups in total. The fourth-order valence-electron chi connectivity index (χ4n) is 6.42. The minimum Gasteiger partial charge on any atom is -0.457 e. The summed E-state index contributed by atoms with van der Waals surface area (Å²) < 4.78 is 12.3. The quantitative estimate of drug-likeness (QED) is 0.279. The van der Waals surface area contributed by atoms with Crippen LogP contribution in [0.2, 0.25) is 0 Å². The van der Waals surface area contributed by atoms with Crippen LogP contribution in [0.1, 0.15) is 41.9 Å². The van der Waals surface area contributed by atoms with E-state index < -0.39 is 0 Å². The van der Waals surface area contributed by atoms with E-state index >= 15 is 0 Å². The highest BCUT2D eigenvalue weighted by molar-refractivity contribution is 5.80. The van der Waals surface area contributed by atoms with Gasteiger partial charge in [-0.2, -0.15) is 0 Å². The van der Waals surface area contributed by atoms with Crippen molar-refractivity contribution in [2.24, 2.45) is 0 Å². The standard InChI is InChI=1S/C34H29NO3/c36-34(37-22-32-30-15-6-4-13-28(30)29-14-5-7-16-31(29)32)35-24-18-19-25(35)21-23(20-24)27-12-8-9-17-33(27)38-26-10-2-1-3-11-26/h1-17,20,24-25,32H,18-19,21-22H2. The molecule has 0 radical (unpaired) electrons. The lowest BCUT2D eigenvalue weighted by Crippen LogP contribution is -2.43. The number of hydrogen-bond donors (Lipinski definition) is 0. The van der Waals surface area contributed by atoms with Crippen LogP contribution in [-0.2, 0) is 4.74 Å². The summed E-state index contributed by atoms with van der Waals surface area (Å²) in [6, 6.07) is 35.1. The Labute approximate surface area is 223 Å². The molecule has 0 saturated carbocycles. The van der Waals surface area contributed by atoms with Crippen molar-refractivity contribution in [2.45, 2.75) is 37.3 Å². The normalized spacial score (nSPS) is 19.5. The molecular weight excluding hydrogens is 470 g/mol. The predicted octanol–water partition coefficient (Wildman–Crippen LogP) is 8.05. The van der Waals surface area contributed by atoms with Gasteiger partial charge in [-0.3, -0.25) is 4.90 Å². The van der Waals surface area contributed by atoms with Gasteiger partial charge in [0.25, 0.3) is 0 Å². The number of rotatable bonds is 5. The Hall–Kier alpha value is -4.31. The summed E-state index contributed by atoms with van der Waals surface area (Å²) in [5.74, 6) is 1.74. The Balaban J connectivity index is 1.09. The number of ether oxygens (including phenoxy) is 2. The Morgan fingerprint density at radius 3 is 2.08 bits per heavy atom. The third-order valence-electron chi connectivity index (χ3n) is 8.15. The Bertz CT molecular complexity index is 1480. The van der Waals surface area contributed by atoms with Crippen LogP contribution in [0.4, 0.5) is 4.79 Å². The van der Waals surface area contributed by atoms with Crippen molar-refractivity contribution >= 4 is 11.7 Å². The highest BCUT2D eigenvalue weighted by atomic mass is 16.6. The lowest BCUT2D eigenvalue weighted by atomic mass is 9.94. The van der Waals surface area contributed by atoms with Gasteiger partial charge in [-0.15, -0.1) is 0 Å². The van der Waals surface area contributed by atoms with Crippen LogP contribution in [0, 0.1) is 0 Å². The zero-order chi connectivity index (χ0) is 25.5. The van der Waals surface area contributed by atoms with Crippen molar-refractivity contribution in [3.63, 3.8) is 0 Å². The number of amides is 1. The van der Waals surface area contributed by atoms with Crippen molar-refractivity contribution in [1.82, 2.24) is 4.90 Å². The molecule has 1 fully saturated rings. The second-order valence-electron chi connectivity index (χ2n) is 10.3. The van der Waals surface area contributed by atoms with Gasteiger partial charge in [0.2, 0.25) is 0 Å². The first-order valence-corrected chi connectivity index (χ1v) is 13.4. The van der Waals surface area contributed by atoms with Crippen LogP contribution in [0.25, 0.3) is 16.7 Å². The van der Waals surface area contributed by atoms with Gasteiger partial charge in [-0.1, -0.05) is 91.0 Å². The topological polar surface area (TPSA) is 38.8 Å². The minimum atomic E-state index is -0.205. The van der Waals surface area contributed by atoms with Gasteiger partial charge in [0.15, 0.2) is 0 Å². The molecule has 2 atom stereocenters. The molecule has 4 aromatic rings. The first-order chi connectivity index (χ1) is 18.8. The molecule has 2 heterocycles. The lowest BCUT2D eigenvalue weighted by molar-refractivity contribution is 0.0866. The SMILES string of the molecule is O=C(OCC1c2ccccc2-c2ccccc21)N1C2C=C(c3ccccc3Oc3ccccc3)CC1CC2. The van der Waals surface area contributed by atoms with Crippen molar-refractivity contribution in [3.8, 4) is 22.6 Å². The number of benzene rings is 4. The molecule has 188 valence electrons. The van der Waals surface area contributed by atoms with Crippen molar-refractivity contribution in [1.29, 1.82) is 0 Å². The number of carbonyl (C=O) groups is 1. The summed E-state index contributed by atoms with van der Waals surface area (Å²) >= 11 is 0. The van der Waals surface area contributed by atoms with Gasteiger partial charge in [-0.25, -0.2) is 4.79 Å². The number of nitrogens with zero attached hydrogens (tertiary/aromatic N) is 1. The van der Waals surface area contributed by atoms with Gasteiger partial charge < -0.3 is 9.47 Å². The summed E-state index contributed by atoms with van der Waals surface area (Å²) in [6.45, 7) is 0.354. The van der Waals surface area contributed by atoms with Gasteiger partial charge in [0.1, 0.15) is 18.1 Å². The molecule has 4 nitrogen and oxygen atoms in total. The fraction of sp³-hybridized carbons (Fsp3) is 0.206. The van der Waals surface area contributed by atoms with E-state index in [9.17, 15) is 4.79 Å². The number of para-hydroxylation sites is 2. The molecular formula is C34H29NO3. The van der Waals surface area contributed by atoms with Crippen LogP contribution in [0.5, 0.6) is 11.5 Å². The summed E-state index contributed by atoms with van der Waals surface area (Å²) in [5.41, 5.74) is 7.30. The Morgan fingerprint density at radius 2 is 1.37 bits per heavy atom. The van der Waals surface area contributed by atoms with Gasteiger partial charge in [-0.05, 0) is 65.3 Å². The zero-order valence-corrected chi connectivity index (χ0v) is 21.1. The van der Waals surface area contributed by atoms with Crippen LogP contribution in [0.15, 0.2) is 109 Å². The summed E-state index contributed by atoms with van der Waals surface area (Å²) in [7, 11) is 0. The molecule has 0 aromatic heterocycles. The molecule has 3 aliphatic rings. The molecule has 1 saturated heterocycles. The lowest BCUT2D eigenvalue weighted by Gasteiger charge is -2.34. The first kappa shape index (κ1) is 22.9. The van der Waals surface area contributed by atoms with E-state index in [4.69, 9.17) is 9.47 Å². The van der Waals surface area contributed by atoms with E-state index in [0.717, 1.165) is 36.3 Å². The van der Waals surface area contributed by atoms with Gasteiger partial charge >= 0.3 is 6.09 Å². The molecule has 7 rings (SSSR count). The molecule has 2 aliphatic heterocycles. The van der Waals surface area contributed by atoms with E-state index in [-0.39, 0.29) is 24.1 Å². The molecule has 1 amide bonds. The second-order valence-corrected chi connectivity index (χ2v) is 10.3. The highest BCUT2D eigenvalue weighted by Crippen LogP contribution is 2.45. The number of hydrogen-bond acceptors (Lipinski definition) is 3. The maximum Gasteiger partial charge on any atom is 0.410 e. The van der Waals surface area contributed by atoms with Gasteiger partial charge in [0, 0.05) is 17.5 Å². The largest absolute Gasteiger partial charge is 0.457 e. The summed E-state index contributed by atoms with van der Waals surface area (Å²) in [4.78, 5) is 15.4. The predicted molar refractivity (Wildman–Crippen MR) is 149 cm³/mol. The molecule has 2 bridgehead atoms. The van der Waals surface area contributed by atoms with Crippen LogP contribution in [-0.4, -0.2) is 29.7 Å². The van der Waals surface area contributed by atoms with E-state index in [1.165, 1.54) is 27.8 Å². The zero-order valence-electron chi connectivity index (χ0n) is 21.1. The highest BCUT2D eigenvalue weighted by Gasteiger charge is 2.41. The molecule has 4 heteroatoms. The average Bonchev–Trinajstić information content (AvgIpc) is 3.43. The smallest absolute Gasteiger partial charge is 0.410 e. The van der Waals surface area contributed by atoms with E-state index in [0.29, 0.717) is 6.61 Å². The molecule has 4 aromatic carbocycles. The number of carbonyl (C=O) groups excluding carboxylic acids is 1. The van der Waals surface area contributed by atoms with E-state index in [2.05, 4.69) is 60.7 Å². The monoisotopic (exact) mass is 499 g/mol. The number of fused-ring (bicyclic) bond motifs is 5. The van der Waals surface area contributed by atoms with Crippen LogP contribution < -0.4 is 4.74 Å². The maximum absolute atomic E-state index is 13.4. The molecule has 0 spiro atoms. The summed E-state index contributed by atoms with van der Waals surface area (Å²) in [5, 5.41) is 0. The summed E-state index contributed by atoms with van der Waals surface area (Å²) in [6.07, 6.45) is 4.79. The van der Waals surface area contributed by atoms with Crippen LogP contribution >= 0.6 is 0 Å².